The maximum atomic E-state index is 13.3. The number of furan rings is 1. The van der Waals surface area contributed by atoms with E-state index in [0.29, 0.717) is 18.7 Å². The van der Waals surface area contributed by atoms with Gasteiger partial charge in [-0.05, 0) is 37.1 Å². The van der Waals surface area contributed by atoms with E-state index in [-0.39, 0.29) is 29.9 Å². The normalized spacial score (nSPS) is 12.3. The molecular formula is C19H22FN5O2. The molecular weight excluding hydrogens is 349 g/mol. The van der Waals surface area contributed by atoms with Gasteiger partial charge in [0.2, 0.25) is 5.78 Å². The molecule has 3 rings (SSSR count). The largest absolute Gasteiger partial charge is 0.457 e. The van der Waals surface area contributed by atoms with Crippen LogP contribution in [0.2, 0.25) is 0 Å². The van der Waals surface area contributed by atoms with Gasteiger partial charge in [-0.3, -0.25) is 4.79 Å². The summed E-state index contributed by atoms with van der Waals surface area (Å²) in [6, 6.07) is 7.90. The van der Waals surface area contributed by atoms with Gasteiger partial charge in [-0.25, -0.2) is 9.07 Å². The van der Waals surface area contributed by atoms with Crippen LogP contribution in [0.5, 0.6) is 0 Å². The summed E-state index contributed by atoms with van der Waals surface area (Å²) < 4.78 is 20.5. The summed E-state index contributed by atoms with van der Waals surface area (Å²) in [6.45, 7) is 2.19. The number of carbonyl (C=O) groups excluding carboxylic acids is 1. The van der Waals surface area contributed by atoms with Crippen LogP contribution in [0.4, 0.5) is 4.39 Å². The highest BCUT2D eigenvalue weighted by Gasteiger charge is 2.19. The summed E-state index contributed by atoms with van der Waals surface area (Å²) in [5, 5.41) is 10.9. The van der Waals surface area contributed by atoms with E-state index in [4.69, 9.17) is 10.2 Å². The zero-order chi connectivity index (χ0) is 19.4. The topological polar surface area (TPSA) is 99.0 Å². The number of ketones is 1. The molecule has 7 nitrogen and oxygen atoms in total. The Kier molecular flexibility index (Phi) is 5.78. The van der Waals surface area contributed by atoms with Gasteiger partial charge in [0.15, 0.2) is 5.76 Å². The highest BCUT2D eigenvalue weighted by molar-refractivity contribution is 5.96. The Hall–Kier alpha value is -2.84. The number of halogens is 1. The number of nitrogens with zero attached hydrogens (tertiary/aromatic N) is 3. The zero-order valence-electron chi connectivity index (χ0n) is 15.3. The van der Waals surface area contributed by atoms with Crippen LogP contribution >= 0.6 is 0 Å². The van der Waals surface area contributed by atoms with Gasteiger partial charge >= 0.3 is 0 Å². The van der Waals surface area contributed by atoms with E-state index in [1.54, 1.807) is 37.0 Å². The summed E-state index contributed by atoms with van der Waals surface area (Å²) in [7, 11) is 1.77. The van der Waals surface area contributed by atoms with Gasteiger partial charge in [-0.1, -0.05) is 17.3 Å². The summed E-state index contributed by atoms with van der Waals surface area (Å²) in [6.07, 6.45) is 2.15. The molecule has 0 fully saturated rings. The average Bonchev–Trinajstić information content (AvgIpc) is 3.23. The number of Topliss-reactive ketones (excluding diaryl/α,β-unsaturated/α-hetero) is 1. The lowest BCUT2D eigenvalue weighted by molar-refractivity contribution is 0.0959. The van der Waals surface area contributed by atoms with Crippen LogP contribution in [-0.2, 0) is 13.5 Å². The standard InChI is InChI=1S/C19H22FN5O2/c1-12-16(17-10-23-24-25(17)2)8-19(27-12)18(26)11-22-15(9-21)7-13-4-3-5-14(20)6-13/h3-6,8,10,15,22H,7,9,11,21H2,1-2H3. The smallest absolute Gasteiger partial charge is 0.211 e. The van der Waals surface area contributed by atoms with Crippen LogP contribution in [0.3, 0.4) is 0 Å². The van der Waals surface area contributed by atoms with E-state index >= 15 is 0 Å². The number of nitrogens with two attached hydrogens (primary N) is 1. The van der Waals surface area contributed by atoms with Gasteiger partial charge in [0.25, 0.3) is 0 Å². The lowest BCUT2D eigenvalue weighted by Crippen LogP contribution is -2.40. The molecule has 2 heterocycles. The zero-order valence-corrected chi connectivity index (χ0v) is 15.3. The SMILES string of the molecule is Cc1oc(C(=O)CNC(CN)Cc2cccc(F)c2)cc1-c1cnnn1C. The minimum absolute atomic E-state index is 0.0766. The predicted molar refractivity (Wildman–Crippen MR) is 98.7 cm³/mol. The van der Waals surface area contributed by atoms with Crippen molar-refractivity contribution < 1.29 is 13.6 Å². The highest BCUT2D eigenvalue weighted by atomic mass is 19.1. The van der Waals surface area contributed by atoms with Crippen LogP contribution in [-0.4, -0.2) is 39.9 Å². The second-order valence-corrected chi connectivity index (χ2v) is 6.39. The monoisotopic (exact) mass is 371 g/mol. The molecule has 0 spiro atoms. The van der Waals surface area contributed by atoms with Crippen LogP contribution in [0.15, 0.2) is 40.9 Å². The van der Waals surface area contributed by atoms with Crippen molar-refractivity contribution in [1.29, 1.82) is 0 Å². The first-order valence-electron chi connectivity index (χ1n) is 8.64. The second-order valence-electron chi connectivity index (χ2n) is 6.39. The molecule has 1 unspecified atom stereocenters. The minimum atomic E-state index is -0.289. The molecule has 0 aliphatic carbocycles. The van der Waals surface area contributed by atoms with Crippen molar-refractivity contribution in [3.05, 3.63) is 59.4 Å². The van der Waals surface area contributed by atoms with E-state index in [1.807, 2.05) is 6.07 Å². The average molecular weight is 371 g/mol. The molecule has 142 valence electrons. The van der Waals surface area contributed by atoms with Crippen molar-refractivity contribution in [2.75, 3.05) is 13.1 Å². The van der Waals surface area contributed by atoms with E-state index < -0.39 is 0 Å². The molecule has 1 aromatic carbocycles. The van der Waals surface area contributed by atoms with E-state index in [0.717, 1.165) is 16.8 Å². The summed E-state index contributed by atoms with van der Waals surface area (Å²) in [4.78, 5) is 12.5. The van der Waals surface area contributed by atoms with Crippen molar-refractivity contribution in [2.24, 2.45) is 12.8 Å². The number of benzene rings is 1. The fourth-order valence-corrected chi connectivity index (χ4v) is 2.92. The first-order chi connectivity index (χ1) is 13.0. The molecule has 0 amide bonds. The van der Waals surface area contributed by atoms with Gasteiger partial charge in [0.05, 0.1) is 18.4 Å². The first kappa shape index (κ1) is 18.9. The third-order valence-corrected chi connectivity index (χ3v) is 4.39. The van der Waals surface area contributed by atoms with Crippen molar-refractivity contribution in [3.8, 4) is 11.3 Å². The van der Waals surface area contributed by atoms with Crippen LogP contribution in [0.25, 0.3) is 11.3 Å². The molecule has 8 heteroatoms. The number of hydrogen-bond acceptors (Lipinski definition) is 6. The number of aromatic nitrogens is 3. The molecule has 0 saturated carbocycles. The van der Waals surface area contributed by atoms with Gasteiger partial charge in [-0.15, -0.1) is 5.10 Å². The summed E-state index contributed by atoms with van der Waals surface area (Å²) >= 11 is 0. The van der Waals surface area contributed by atoms with Crippen LogP contribution in [0.1, 0.15) is 21.9 Å². The fourth-order valence-electron chi connectivity index (χ4n) is 2.92. The minimum Gasteiger partial charge on any atom is -0.457 e. The molecule has 0 radical (unpaired) electrons. The number of rotatable bonds is 8. The van der Waals surface area contributed by atoms with Gasteiger partial charge in [-0.2, -0.15) is 0 Å². The van der Waals surface area contributed by atoms with Crippen LogP contribution < -0.4 is 11.1 Å². The molecule has 2 aromatic heterocycles. The maximum Gasteiger partial charge on any atom is 0.211 e. The van der Waals surface area contributed by atoms with Crippen molar-refractivity contribution in [1.82, 2.24) is 20.3 Å². The Morgan fingerprint density at radius 1 is 1.41 bits per heavy atom. The number of nitrogens with one attached hydrogen (secondary N) is 1. The quantitative estimate of drug-likeness (QED) is 0.587. The summed E-state index contributed by atoms with van der Waals surface area (Å²) in [5.74, 6) is 0.413. The highest BCUT2D eigenvalue weighted by Crippen LogP contribution is 2.25. The third kappa shape index (κ3) is 4.47. The molecule has 0 bridgehead atoms. The molecule has 0 aliphatic rings. The Labute approximate surface area is 156 Å². The molecule has 3 aromatic rings. The third-order valence-electron chi connectivity index (χ3n) is 4.39. The number of carbonyl (C=O) groups is 1. The Balaban J connectivity index is 1.64. The number of hydrogen-bond donors (Lipinski definition) is 2. The van der Waals surface area contributed by atoms with Crippen molar-refractivity contribution >= 4 is 5.78 Å². The molecule has 27 heavy (non-hydrogen) atoms. The maximum absolute atomic E-state index is 13.3. The fraction of sp³-hybridized carbons (Fsp3) is 0.316. The molecule has 3 N–H and O–H groups in total. The van der Waals surface area contributed by atoms with E-state index in [2.05, 4.69) is 15.6 Å². The van der Waals surface area contributed by atoms with Crippen LogP contribution in [0, 0.1) is 12.7 Å². The lowest BCUT2D eigenvalue weighted by Gasteiger charge is -2.16. The van der Waals surface area contributed by atoms with Gasteiger partial charge < -0.3 is 15.5 Å². The van der Waals surface area contributed by atoms with Gasteiger partial charge in [0, 0.05) is 25.2 Å². The number of aryl methyl sites for hydroxylation is 2. The molecule has 0 saturated heterocycles. The second kappa shape index (κ2) is 8.24. The van der Waals surface area contributed by atoms with E-state index in [1.165, 1.54) is 12.1 Å². The first-order valence-corrected chi connectivity index (χ1v) is 8.64. The molecule has 0 aliphatic heterocycles. The Morgan fingerprint density at radius 2 is 2.22 bits per heavy atom. The predicted octanol–water partition coefficient (Wildman–Crippen LogP) is 1.86. The summed E-state index contributed by atoms with van der Waals surface area (Å²) in [5.41, 5.74) is 8.16. The lowest BCUT2D eigenvalue weighted by atomic mass is 10.1. The Bertz CT molecular complexity index is 934. The van der Waals surface area contributed by atoms with Gasteiger partial charge in [0.1, 0.15) is 11.6 Å². The molecule has 1 atom stereocenters. The van der Waals surface area contributed by atoms with Crippen molar-refractivity contribution in [3.63, 3.8) is 0 Å². The van der Waals surface area contributed by atoms with Crippen molar-refractivity contribution in [2.45, 2.75) is 19.4 Å². The Morgan fingerprint density at radius 3 is 2.89 bits per heavy atom. The van der Waals surface area contributed by atoms with E-state index in [9.17, 15) is 9.18 Å².